The Kier molecular flexibility index (Phi) is 5.32. The van der Waals surface area contributed by atoms with Gasteiger partial charge in [-0.05, 0) is 49.1 Å². The Morgan fingerprint density at radius 2 is 1.81 bits per heavy atom. The molecule has 4 heteroatoms. The summed E-state index contributed by atoms with van der Waals surface area (Å²) < 4.78 is 5.68. The van der Waals surface area contributed by atoms with Gasteiger partial charge in [0.25, 0.3) is 0 Å². The molecule has 0 aliphatic rings. The summed E-state index contributed by atoms with van der Waals surface area (Å²) in [6.45, 7) is 6.45. The minimum Gasteiger partial charge on any atom is -0.439 e. The molecule has 0 radical (unpaired) electrons. The molecular weight excluding hydrogens is 324 g/mol. The Morgan fingerprint density at radius 3 is 2.58 bits per heavy atom. The van der Waals surface area contributed by atoms with Crippen LogP contribution < -0.4 is 5.32 Å². The molecule has 2 aromatic carbocycles. The number of rotatable bonds is 5. The van der Waals surface area contributed by atoms with Crippen molar-refractivity contribution < 1.29 is 9.21 Å². The first-order valence-corrected chi connectivity index (χ1v) is 8.57. The van der Waals surface area contributed by atoms with Crippen molar-refractivity contribution in [2.24, 2.45) is 0 Å². The zero-order valence-corrected chi connectivity index (χ0v) is 15.2. The average Bonchev–Trinajstić information content (AvgIpc) is 3.12. The van der Waals surface area contributed by atoms with Gasteiger partial charge in [0.2, 0.25) is 11.8 Å². The summed E-state index contributed by atoms with van der Waals surface area (Å²) in [7, 11) is 0. The number of benzene rings is 2. The minimum absolute atomic E-state index is 0.179. The fraction of sp³-hybridized carbons (Fsp3) is 0.182. The molecular formula is C22H22N2O2. The van der Waals surface area contributed by atoms with Gasteiger partial charge in [-0.15, -0.1) is 0 Å². The molecule has 0 atom stereocenters. The van der Waals surface area contributed by atoms with Gasteiger partial charge in [-0.2, -0.15) is 0 Å². The second-order valence-electron chi connectivity index (χ2n) is 6.33. The van der Waals surface area contributed by atoms with Gasteiger partial charge >= 0.3 is 0 Å². The molecule has 0 spiro atoms. The fourth-order valence-corrected chi connectivity index (χ4v) is 2.68. The van der Waals surface area contributed by atoms with Crippen LogP contribution in [0.4, 0.5) is 0 Å². The van der Waals surface area contributed by atoms with Gasteiger partial charge in [-0.3, -0.25) is 4.79 Å². The number of hydrogen-bond donors (Lipinski definition) is 1. The average molecular weight is 346 g/mol. The molecule has 1 aromatic heterocycles. The molecule has 0 saturated heterocycles. The van der Waals surface area contributed by atoms with Gasteiger partial charge < -0.3 is 9.73 Å². The number of hydrogen-bond acceptors (Lipinski definition) is 3. The van der Waals surface area contributed by atoms with E-state index in [1.165, 1.54) is 17.2 Å². The Bertz CT molecular complexity index is 940. The van der Waals surface area contributed by atoms with Crippen molar-refractivity contribution in [3.63, 3.8) is 0 Å². The van der Waals surface area contributed by atoms with Crippen molar-refractivity contribution in [3.8, 4) is 11.3 Å². The van der Waals surface area contributed by atoms with E-state index in [-0.39, 0.29) is 12.5 Å². The van der Waals surface area contributed by atoms with E-state index in [2.05, 4.69) is 36.3 Å². The number of amides is 1. The lowest BCUT2D eigenvalue weighted by molar-refractivity contribution is -0.116. The number of oxazole rings is 1. The van der Waals surface area contributed by atoms with Gasteiger partial charge in [0.1, 0.15) is 0 Å². The molecule has 0 bridgehead atoms. The molecule has 4 nitrogen and oxygen atoms in total. The first-order chi connectivity index (χ1) is 12.5. The van der Waals surface area contributed by atoms with Gasteiger partial charge in [0.15, 0.2) is 5.76 Å². The molecule has 1 N–H and O–H groups in total. The Morgan fingerprint density at radius 1 is 1.08 bits per heavy atom. The minimum atomic E-state index is -0.179. The van der Waals surface area contributed by atoms with Crippen LogP contribution in [-0.2, 0) is 11.3 Å². The number of aromatic nitrogens is 1. The van der Waals surface area contributed by atoms with E-state index in [9.17, 15) is 4.79 Å². The van der Waals surface area contributed by atoms with E-state index in [1.807, 2.05) is 43.3 Å². The van der Waals surface area contributed by atoms with Crippen LogP contribution in [0.5, 0.6) is 0 Å². The predicted octanol–water partition coefficient (Wildman–Crippen LogP) is 4.60. The summed E-state index contributed by atoms with van der Waals surface area (Å²) in [6, 6.07) is 14.0. The summed E-state index contributed by atoms with van der Waals surface area (Å²) in [4.78, 5) is 16.3. The molecule has 1 heterocycles. The maximum Gasteiger partial charge on any atom is 0.244 e. The summed E-state index contributed by atoms with van der Waals surface area (Å²) >= 11 is 0. The molecule has 0 aliphatic heterocycles. The summed E-state index contributed by atoms with van der Waals surface area (Å²) in [6.07, 6.45) is 5.05. The second-order valence-corrected chi connectivity index (χ2v) is 6.33. The van der Waals surface area contributed by atoms with Crippen LogP contribution in [0.25, 0.3) is 17.4 Å². The zero-order valence-electron chi connectivity index (χ0n) is 15.2. The van der Waals surface area contributed by atoms with E-state index in [0.29, 0.717) is 11.7 Å². The highest BCUT2D eigenvalue weighted by Gasteiger charge is 2.07. The third-order valence-corrected chi connectivity index (χ3v) is 4.32. The number of carbonyl (C=O) groups is 1. The Hall–Kier alpha value is -3.14. The Balaban J connectivity index is 1.59. The zero-order chi connectivity index (χ0) is 18.5. The quantitative estimate of drug-likeness (QED) is 0.687. The van der Waals surface area contributed by atoms with Crippen molar-refractivity contribution in [2.45, 2.75) is 27.3 Å². The molecule has 1 amide bonds. The van der Waals surface area contributed by atoms with Crippen LogP contribution >= 0.6 is 0 Å². The molecule has 26 heavy (non-hydrogen) atoms. The maximum absolute atomic E-state index is 12.1. The molecule has 0 saturated carbocycles. The number of carbonyl (C=O) groups excluding carboxylic acids is 1. The van der Waals surface area contributed by atoms with Crippen molar-refractivity contribution >= 4 is 12.0 Å². The van der Waals surface area contributed by atoms with Crippen LogP contribution in [0.3, 0.4) is 0 Å². The fourth-order valence-electron chi connectivity index (χ4n) is 2.68. The SMILES string of the molecule is Cc1cc(C)c(C=CC(=O)NCc2ncc(-c3ccccc3)o2)cc1C. The Labute approximate surface area is 153 Å². The van der Waals surface area contributed by atoms with Crippen LogP contribution in [0.15, 0.2) is 59.2 Å². The van der Waals surface area contributed by atoms with Crippen molar-refractivity contribution in [1.29, 1.82) is 0 Å². The third-order valence-electron chi connectivity index (χ3n) is 4.32. The number of aryl methyl sites for hydroxylation is 3. The van der Waals surface area contributed by atoms with E-state index in [0.717, 1.165) is 16.7 Å². The molecule has 0 aliphatic carbocycles. The molecule has 132 valence electrons. The summed E-state index contributed by atoms with van der Waals surface area (Å²) in [5.74, 6) is 0.992. The van der Waals surface area contributed by atoms with Crippen molar-refractivity contribution in [3.05, 3.63) is 82.9 Å². The predicted molar refractivity (Wildman–Crippen MR) is 103 cm³/mol. The lowest BCUT2D eigenvalue weighted by Gasteiger charge is -2.06. The van der Waals surface area contributed by atoms with Crippen molar-refractivity contribution in [1.82, 2.24) is 10.3 Å². The van der Waals surface area contributed by atoms with E-state index in [1.54, 1.807) is 6.20 Å². The molecule has 0 fully saturated rings. The number of nitrogens with one attached hydrogen (secondary N) is 1. The first kappa shape index (κ1) is 17.7. The standard InChI is InChI=1S/C22H22N2O2/c1-15-11-17(3)19(12-16(15)2)9-10-21(25)23-14-22-24-13-20(26-22)18-7-5-4-6-8-18/h4-13H,14H2,1-3H3,(H,23,25). The highest BCUT2D eigenvalue weighted by Crippen LogP contribution is 2.19. The topological polar surface area (TPSA) is 55.1 Å². The normalized spacial score (nSPS) is 11.0. The largest absolute Gasteiger partial charge is 0.439 e. The number of nitrogens with zero attached hydrogens (tertiary/aromatic N) is 1. The van der Waals surface area contributed by atoms with E-state index in [4.69, 9.17) is 4.42 Å². The van der Waals surface area contributed by atoms with Crippen LogP contribution in [0.1, 0.15) is 28.1 Å². The molecule has 3 rings (SSSR count). The molecule has 0 unspecified atom stereocenters. The van der Waals surface area contributed by atoms with Gasteiger partial charge in [-0.25, -0.2) is 4.98 Å². The second kappa shape index (κ2) is 7.83. The van der Waals surface area contributed by atoms with Gasteiger partial charge in [0, 0.05) is 11.6 Å². The third kappa shape index (κ3) is 4.28. The lowest BCUT2D eigenvalue weighted by atomic mass is 10.0. The lowest BCUT2D eigenvalue weighted by Crippen LogP contribution is -2.20. The van der Waals surface area contributed by atoms with E-state index < -0.39 is 0 Å². The maximum atomic E-state index is 12.1. The van der Waals surface area contributed by atoms with Crippen LogP contribution in [-0.4, -0.2) is 10.9 Å². The van der Waals surface area contributed by atoms with Gasteiger partial charge in [-0.1, -0.05) is 42.5 Å². The molecule has 3 aromatic rings. The van der Waals surface area contributed by atoms with E-state index >= 15 is 0 Å². The highest BCUT2D eigenvalue weighted by atomic mass is 16.4. The first-order valence-electron chi connectivity index (χ1n) is 8.57. The highest BCUT2D eigenvalue weighted by molar-refractivity contribution is 5.91. The summed E-state index contributed by atoms with van der Waals surface area (Å²) in [5, 5.41) is 2.80. The summed E-state index contributed by atoms with van der Waals surface area (Å²) in [5.41, 5.74) is 5.62. The monoisotopic (exact) mass is 346 g/mol. The van der Waals surface area contributed by atoms with Gasteiger partial charge in [0.05, 0.1) is 12.7 Å². The van der Waals surface area contributed by atoms with Crippen LogP contribution in [0, 0.1) is 20.8 Å². The smallest absolute Gasteiger partial charge is 0.244 e. The van der Waals surface area contributed by atoms with Crippen molar-refractivity contribution in [2.75, 3.05) is 0 Å². The van der Waals surface area contributed by atoms with Crippen LogP contribution in [0.2, 0.25) is 0 Å².